The van der Waals surface area contributed by atoms with Crippen molar-refractivity contribution < 1.29 is 0 Å². The van der Waals surface area contributed by atoms with Crippen LogP contribution in [0.4, 0.5) is 0 Å². The van der Waals surface area contributed by atoms with Crippen molar-refractivity contribution >= 4 is 0 Å². The fraction of sp³-hybridized carbons (Fsp3) is 0.647. The molecule has 0 aliphatic heterocycles. The number of rotatable bonds is 7. The van der Waals surface area contributed by atoms with E-state index in [2.05, 4.69) is 58.1 Å². The van der Waals surface area contributed by atoms with Crippen LogP contribution in [0.15, 0.2) is 18.2 Å². The standard InChI is InChI=1S/C17H30N2/c1-13-8-9-14(2)16(11-13)17(4,5)12-19-10-6-7-15(3)18/h8-9,11,15,19H,6-7,10,12,18H2,1-5H3. The molecule has 108 valence electrons. The maximum absolute atomic E-state index is 5.76. The third-order valence-corrected chi connectivity index (χ3v) is 3.70. The zero-order valence-corrected chi connectivity index (χ0v) is 13.2. The van der Waals surface area contributed by atoms with E-state index < -0.39 is 0 Å². The van der Waals surface area contributed by atoms with Crippen LogP contribution in [0.1, 0.15) is 50.3 Å². The number of hydrogen-bond donors (Lipinski definition) is 2. The Bertz CT molecular complexity index is 394. The quantitative estimate of drug-likeness (QED) is 0.740. The van der Waals surface area contributed by atoms with E-state index in [0.29, 0.717) is 6.04 Å². The number of aryl methyl sites for hydroxylation is 2. The van der Waals surface area contributed by atoms with E-state index in [0.717, 1.165) is 25.9 Å². The van der Waals surface area contributed by atoms with E-state index in [4.69, 9.17) is 5.73 Å². The molecule has 0 amide bonds. The second kappa shape index (κ2) is 7.06. The summed E-state index contributed by atoms with van der Waals surface area (Å²) < 4.78 is 0. The highest BCUT2D eigenvalue weighted by atomic mass is 14.9. The van der Waals surface area contributed by atoms with Crippen molar-refractivity contribution in [2.75, 3.05) is 13.1 Å². The first-order valence-electron chi connectivity index (χ1n) is 7.37. The minimum absolute atomic E-state index is 0.171. The molecule has 3 N–H and O–H groups in total. The predicted molar refractivity (Wildman–Crippen MR) is 84.7 cm³/mol. The topological polar surface area (TPSA) is 38.0 Å². The van der Waals surface area contributed by atoms with Gasteiger partial charge in [0.2, 0.25) is 0 Å². The second-order valence-electron chi connectivity index (χ2n) is 6.50. The molecule has 2 heteroatoms. The lowest BCUT2D eigenvalue weighted by Crippen LogP contribution is -2.34. The van der Waals surface area contributed by atoms with Gasteiger partial charge in [-0.1, -0.05) is 37.6 Å². The van der Waals surface area contributed by atoms with Gasteiger partial charge in [-0.05, 0) is 51.3 Å². The molecule has 0 saturated heterocycles. The van der Waals surface area contributed by atoms with Gasteiger partial charge in [0.05, 0.1) is 0 Å². The molecule has 1 unspecified atom stereocenters. The normalized spacial score (nSPS) is 13.6. The van der Waals surface area contributed by atoms with Crippen molar-refractivity contribution in [3.05, 3.63) is 34.9 Å². The monoisotopic (exact) mass is 262 g/mol. The molecule has 0 heterocycles. The number of benzene rings is 1. The van der Waals surface area contributed by atoms with Crippen molar-refractivity contribution in [1.82, 2.24) is 5.32 Å². The summed E-state index contributed by atoms with van der Waals surface area (Å²) in [5.74, 6) is 0. The molecule has 0 spiro atoms. The van der Waals surface area contributed by atoms with Crippen molar-refractivity contribution in [1.29, 1.82) is 0 Å². The largest absolute Gasteiger partial charge is 0.328 e. The first-order chi connectivity index (χ1) is 8.83. The molecule has 1 aromatic carbocycles. The lowest BCUT2D eigenvalue weighted by atomic mass is 9.81. The highest BCUT2D eigenvalue weighted by Crippen LogP contribution is 2.26. The van der Waals surface area contributed by atoms with E-state index in [1.54, 1.807) is 0 Å². The minimum Gasteiger partial charge on any atom is -0.328 e. The average Bonchev–Trinajstić information content (AvgIpc) is 2.31. The third kappa shape index (κ3) is 5.33. The van der Waals surface area contributed by atoms with Gasteiger partial charge in [0.25, 0.3) is 0 Å². The molecule has 0 aliphatic carbocycles. The maximum atomic E-state index is 5.76. The van der Waals surface area contributed by atoms with Crippen LogP contribution >= 0.6 is 0 Å². The van der Waals surface area contributed by atoms with Crippen LogP contribution < -0.4 is 11.1 Å². The van der Waals surface area contributed by atoms with E-state index >= 15 is 0 Å². The highest BCUT2D eigenvalue weighted by Gasteiger charge is 2.21. The van der Waals surface area contributed by atoms with Crippen molar-refractivity contribution in [2.45, 2.75) is 58.9 Å². The van der Waals surface area contributed by atoms with E-state index in [-0.39, 0.29) is 5.41 Å². The first kappa shape index (κ1) is 16.2. The van der Waals surface area contributed by atoms with Crippen LogP contribution in [0.3, 0.4) is 0 Å². The van der Waals surface area contributed by atoms with E-state index in [1.165, 1.54) is 16.7 Å². The van der Waals surface area contributed by atoms with E-state index in [1.807, 2.05) is 0 Å². The van der Waals surface area contributed by atoms with Gasteiger partial charge in [-0.2, -0.15) is 0 Å². The van der Waals surface area contributed by atoms with Gasteiger partial charge in [-0.15, -0.1) is 0 Å². The molecule has 0 aliphatic rings. The molecule has 0 bridgehead atoms. The van der Waals surface area contributed by atoms with Crippen LogP contribution in [0.5, 0.6) is 0 Å². The van der Waals surface area contributed by atoms with Gasteiger partial charge in [0.15, 0.2) is 0 Å². The molecule has 2 nitrogen and oxygen atoms in total. The van der Waals surface area contributed by atoms with Crippen LogP contribution in [-0.4, -0.2) is 19.1 Å². The van der Waals surface area contributed by atoms with Gasteiger partial charge in [0.1, 0.15) is 0 Å². The summed E-state index contributed by atoms with van der Waals surface area (Å²) in [5, 5.41) is 3.57. The zero-order chi connectivity index (χ0) is 14.5. The smallest absolute Gasteiger partial charge is 0.00432 e. The van der Waals surface area contributed by atoms with Crippen molar-refractivity contribution in [3.8, 4) is 0 Å². The van der Waals surface area contributed by atoms with Crippen molar-refractivity contribution in [3.63, 3.8) is 0 Å². The van der Waals surface area contributed by atoms with Crippen LogP contribution in [0.25, 0.3) is 0 Å². The van der Waals surface area contributed by atoms with Crippen LogP contribution in [0.2, 0.25) is 0 Å². The minimum atomic E-state index is 0.171. The molecule has 1 rings (SSSR count). The Morgan fingerprint density at radius 3 is 2.58 bits per heavy atom. The Hall–Kier alpha value is -0.860. The highest BCUT2D eigenvalue weighted by molar-refractivity contribution is 5.36. The van der Waals surface area contributed by atoms with Crippen molar-refractivity contribution in [2.24, 2.45) is 5.73 Å². The Kier molecular flexibility index (Phi) is 6.02. The average molecular weight is 262 g/mol. The van der Waals surface area contributed by atoms with Gasteiger partial charge in [-0.25, -0.2) is 0 Å². The molecule has 0 fully saturated rings. The van der Waals surface area contributed by atoms with Gasteiger partial charge in [0, 0.05) is 18.0 Å². The molecular formula is C17H30N2. The lowest BCUT2D eigenvalue weighted by Gasteiger charge is -2.28. The molecule has 0 saturated carbocycles. The third-order valence-electron chi connectivity index (χ3n) is 3.70. The fourth-order valence-corrected chi connectivity index (χ4v) is 2.51. The number of nitrogens with two attached hydrogens (primary N) is 1. The van der Waals surface area contributed by atoms with Gasteiger partial charge in [-0.3, -0.25) is 0 Å². The number of hydrogen-bond acceptors (Lipinski definition) is 2. The molecule has 1 atom stereocenters. The van der Waals surface area contributed by atoms with Gasteiger partial charge < -0.3 is 11.1 Å². The lowest BCUT2D eigenvalue weighted by molar-refractivity contribution is 0.456. The molecule has 1 aromatic rings. The number of nitrogens with one attached hydrogen (secondary N) is 1. The zero-order valence-electron chi connectivity index (χ0n) is 13.2. The second-order valence-corrected chi connectivity index (χ2v) is 6.50. The molecular weight excluding hydrogens is 232 g/mol. The summed E-state index contributed by atoms with van der Waals surface area (Å²) in [7, 11) is 0. The summed E-state index contributed by atoms with van der Waals surface area (Å²) in [6.07, 6.45) is 2.25. The van der Waals surface area contributed by atoms with Crippen LogP contribution in [-0.2, 0) is 5.41 Å². The fourth-order valence-electron chi connectivity index (χ4n) is 2.51. The molecule has 19 heavy (non-hydrogen) atoms. The SMILES string of the molecule is Cc1ccc(C)c(C(C)(C)CNCCCC(C)N)c1. The summed E-state index contributed by atoms with van der Waals surface area (Å²) in [6, 6.07) is 7.04. The van der Waals surface area contributed by atoms with E-state index in [9.17, 15) is 0 Å². The van der Waals surface area contributed by atoms with Gasteiger partial charge >= 0.3 is 0 Å². The summed E-state index contributed by atoms with van der Waals surface area (Å²) in [5.41, 5.74) is 10.1. The Balaban J connectivity index is 2.53. The molecule has 0 aromatic heterocycles. The summed E-state index contributed by atoms with van der Waals surface area (Å²) in [4.78, 5) is 0. The predicted octanol–water partition coefficient (Wildman–Crippen LogP) is 3.30. The Labute approximate surface area is 118 Å². The molecule has 0 radical (unpaired) electrons. The Morgan fingerprint density at radius 2 is 1.95 bits per heavy atom. The first-order valence-corrected chi connectivity index (χ1v) is 7.37. The maximum Gasteiger partial charge on any atom is 0.00432 e. The summed E-state index contributed by atoms with van der Waals surface area (Å²) in [6.45, 7) is 13.1. The summed E-state index contributed by atoms with van der Waals surface area (Å²) >= 11 is 0. The Morgan fingerprint density at radius 1 is 1.26 bits per heavy atom. The van der Waals surface area contributed by atoms with Crippen LogP contribution in [0, 0.1) is 13.8 Å².